The van der Waals surface area contributed by atoms with Crippen molar-refractivity contribution in [2.75, 3.05) is 5.73 Å². The first-order valence-corrected chi connectivity index (χ1v) is 7.11. The molecule has 0 amide bonds. The van der Waals surface area contributed by atoms with Crippen LogP contribution in [0.15, 0.2) is 42.5 Å². The molecule has 0 aliphatic carbocycles. The number of ketones is 1. The second-order valence-electron chi connectivity index (χ2n) is 5.26. The minimum Gasteiger partial charge on any atom is -0.399 e. The highest BCUT2D eigenvalue weighted by Gasteiger charge is 2.10. The Bertz CT molecular complexity index is 579. The molecule has 0 heterocycles. The molecule has 0 aliphatic rings. The molecule has 0 unspecified atom stereocenters. The van der Waals surface area contributed by atoms with Gasteiger partial charge in [-0.15, -0.1) is 0 Å². The number of benzene rings is 2. The van der Waals surface area contributed by atoms with Crippen molar-refractivity contribution in [3.05, 3.63) is 64.7 Å². The van der Waals surface area contributed by atoms with Gasteiger partial charge in [-0.2, -0.15) is 0 Å². The van der Waals surface area contributed by atoms with E-state index >= 15 is 0 Å². The third kappa shape index (κ3) is 3.47. The monoisotopic (exact) mass is 267 g/mol. The third-order valence-electron chi connectivity index (χ3n) is 3.40. The van der Waals surface area contributed by atoms with Crippen LogP contribution in [0.3, 0.4) is 0 Å². The van der Waals surface area contributed by atoms with E-state index < -0.39 is 0 Å². The van der Waals surface area contributed by atoms with Crippen molar-refractivity contribution in [1.29, 1.82) is 0 Å². The lowest BCUT2D eigenvalue weighted by molar-refractivity contribution is 0.103. The van der Waals surface area contributed by atoms with E-state index in [0.717, 1.165) is 17.5 Å². The SMILES string of the molecule is CCCCc1ccc(C(=O)c2cc(C)cc(N)c2)cc1. The molecule has 2 N–H and O–H groups in total. The molecule has 0 radical (unpaired) electrons. The Morgan fingerprint density at radius 1 is 1.05 bits per heavy atom. The second-order valence-corrected chi connectivity index (χ2v) is 5.26. The number of nitrogens with two attached hydrogens (primary N) is 1. The molecule has 2 heteroatoms. The zero-order valence-electron chi connectivity index (χ0n) is 12.1. The summed E-state index contributed by atoms with van der Waals surface area (Å²) < 4.78 is 0. The van der Waals surface area contributed by atoms with Crippen LogP contribution in [-0.2, 0) is 6.42 Å². The number of carbonyl (C=O) groups is 1. The number of rotatable bonds is 5. The summed E-state index contributed by atoms with van der Waals surface area (Å²) in [6.45, 7) is 4.13. The van der Waals surface area contributed by atoms with Crippen molar-refractivity contribution in [3.63, 3.8) is 0 Å². The van der Waals surface area contributed by atoms with Crippen LogP contribution >= 0.6 is 0 Å². The number of nitrogen functional groups attached to an aromatic ring is 1. The first-order valence-electron chi connectivity index (χ1n) is 7.11. The van der Waals surface area contributed by atoms with Crippen LogP contribution in [0.2, 0.25) is 0 Å². The molecule has 0 fully saturated rings. The van der Waals surface area contributed by atoms with Crippen molar-refractivity contribution >= 4 is 11.5 Å². The van der Waals surface area contributed by atoms with Gasteiger partial charge in [-0.3, -0.25) is 4.79 Å². The quantitative estimate of drug-likeness (QED) is 0.653. The van der Waals surface area contributed by atoms with Crippen LogP contribution < -0.4 is 5.73 Å². The predicted octanol–water partition coefficient (Wildman–Crippen LogP) is 4.15. The van der Waals surface area contributed by atoms with Crippen molar-refractivity contribution < 1.29 is 4.79 Å². The fourth-order valence-electron chi connectivity index (χ4n) is 2.31. The predicted molar refractivity (Wildman–Crippen MR) is 84.1 cm³/mol. The lowest BCUT2D eigenvalue weighted by atomic mass is 9.99. The van der Waals surface area contributed by atoms with E-state index in [0.29, 0.717) is 11.3 Å². The first-order chi connectivity index (χ1) is 9.60. The number of carbonyl (C=O) groups excluding carboxylic acids is 1. The summed E-state index contributed by atoms with van der Waals surface area (Å²) in [6.07, 6.45) is 3.44. The molecule has 20 heavy (non-hydrogen) atoms. The van der Waals surface area contributed by atoms with Gasteiger partial charge in [-0.05, 0) is 49.1 Å². The largest absolute Gasteiger partial charge is 0.399 e. The summed E-state index contributed by atoms with van der Waals surface area (Å²) >= 11 is 0. The maximum atomic E-state index is 12.4. The normalized spacial score (nSPS) is 10.5. The number of hydrogen-bond donors (Lipinski definition) is 1. The maximum absolute atomic E-state index is 12.4. The van der Waals surface area contributed by atoms with E-state index in [1.807, 2.05) is 43.3 Å². The van der Waals surface area contributed by atoms with Crippen molar-refractivity contribution in [1.82, 2.24) is 0 Å². The summed E-state index contributed by atoms with van der Waals surface area (Å²) in [4.78, 5) is 12.4. The minimum atomic E-state index is 0.0300. The summed E-state index contributed by atoms with van der Waals surface area (Å²) in [5.41, 5.74) is 10.1. The Hall–Kier alpha value is -2.09. The van der Waals surface area contributed by atoms with Crippen molar-refractivity contribution in [3.8, 4) is 0 Å². The molecular weight excluding hydrogens is 246 g/mol. The van der Waals surface area contributed by atoms with Crippen LogP contribution in [0, 0.1) is 6.92 Å². The lowest BCUT2D eigenvalue weighted by Crippen LogP contribution is -2.03. The van der Waals surface area contributed by atoms with Crippen LogP contribution in [0.4, 0.5) is 5.69 Å². The van der Waals surface area contributed by atoms with Gasteiger partial charge < -0.3 is 5.73 Å². The Balaban J connectivity index is 2.20. The van der Waals surface area contributed by atoms with E-state index in [1.165, 1.54) is 18.4 Å². The fraction of sp³-hybridized carbons (Fsp3) is 0.278. The van der Waals surface area contributed by atoms with Gasteiger partial charge in [0.05, 0.1) is 0 Å². The van der Waals surface area contributed by atoms with Crippen LogP contribution in [0.1, 0.15) is 46.8 Å². The number of unbranched alkanes of at least 4 members (excludes halogenated alkanes) is 1. The molecule has 0 saturated heterocycles. The Morgan fingerprint density at radius 2 is 1.75 bits per heavy atom. The lowest BCUT2D eigenvalue weighted by Gasteiger charge is -2.06. The molecule has 0 aliphatic heterocycles. The molecule has 2 rings (SSSR count). The number of anilines is 1. The Kier molecular flexibility index (Phi) is 4.57. The zero-order valence-corrected chi connectivity index (χ0v) is 12.1. The molecule has 2 aromatic rings. The highest BCUT2D eigenvalue weighted by atomic mass is 16.1. The van der Waals surface area contributed by atoms with Crippen molar-refractivity contribution in [2.24, 2.45) is 0 Å². The Morgan fingerprint density at radius 3 is 2.35 bits per heavy atom. The summed E-state index contributed by atoms with van der Waals surface area (Å²) in [7, 11) is 0. The van der Waals surface area contributed by atoms with Crippen molar-refractivity contribution in [2.45, 2.75) is 33.1 Å². The first kappa shape index (κ1) is 14.3. The average molecular weight is 267 g/mol. The van der Waals surface area contributed by atoms with Gasteiger partial charge >= 0.3 is 0 Å². The molecule has 0 spiro atoms. The van der Waals surface area contributed by atoms with Gasteiger partial charge in [-0.25, -0.2) is 0 Å². The summed E-state index contributed by atoms with van der Waals surface area (Å²) in [5.74, 6) is 0.0300. The Labute approximate surface area is 120 Å². The van der Waals surface area contributed by atoms with Crippen LogP contribution in [0.5, 0.6) is 0 Å². The second kappa shape index (κ2) is 6.38. The minimum absolute atomic E-state index is 0.0300. The molecular formula is C18H21NO. The zero-order chi connectivity index (χ0) is 14.5. The standard InChI is InChI=1S/C18H21NO/c1-3-4-5-14-6-8-15(9-7-14)18(20)16-10-13(2)11-17(19)12-16/h6-12H,3-5,19H2,1-2H3. The van der Waals surface area contributed by atoms with E-state index in [1.54, 1.807) is 6.07 Å². The fourth-order valence-corrected chi connectivity index (χ4v) is 2.31. The molecule has 0 saturated carbocycles. The number of hydrogen-bond acceptors (Lipinski definition) is 2. The third-order valence-corrected chi connectivity index (χ3v) is 3.40. The maximum Gasteiger partial charge on any atom is 0.193 e. The van der Waals surface area contributed by atoms with Gasteiger partial charge in [0.2, 0.25) is 0 Å². The average Bonchev–Trinajstić information content (AvgIpc) is 2.44. The highest BCUT2D eigenvalue weighted by Crippen LogP contribution is 2.16. The molecule has 104 valence electrons. The number of aryl methyl sites for hydroxylation is 2. The summed E-state index contributed by atoms with van der Waals surface area (Å²) in [6, 6.07) is 13.4. The van der Waals surface area contributed by atoms with Gasteiger partial charge in [0.25, 0.3) is 0 Å². The van der Waals surface area contributed by atoms with Crippen LogP contribution in [0.25, 0.3) is 0 Å². The summed E-state index contributed by atoms with van der Waals surface area (Å²) in [5, 5.41) is 0. The molecule has 2 nitrogen and oxygen atoms in total. The van der Waals surface area contributed by atoms with Gasteiger partial charge in [0.1, 0.15) is 0 Å². The van der Waals surface area contributed by atoms with E-state index in [9.17, 15) is 4.79 Å². The smallest absolute Gasteiger partial charge is 0.193 e. The van der Waals surface area contributed by atoms with E-state index in [-0.39, 0.29) is 5.78 Å². The van der Waals surface area contributed by atoms with Crippen LogP contribution in [-0.4, -0.2) is 5.78 Å². The molecule has 0 aromatic heterocycles. The highest BCUT2D eigenvalue weighted by molar-refractivity contribution is 6.09. The topological polar surface area (TPSA) is 43.1 Å². The van der Waals surface area contributed by atoms with Gasteiger partial charge in [-0.1, -0.05) is 37.6 Å². The molecule has 0 bridgehead atoms. The van der Waals surface area contributed by atoms with E-state index in [2.05, 4.69) is 6.92 Å². The van der Waals surface area contributed by atoms with Gasteiger partial charge in [0.15, 0.2) is 5.78 Å². The van der Waals surface area contributed by atoms with Gasteiger partial charge in [0, 0.05) is 16.8 Å². The molecule has 0 atom stereocenters. The molecule has 2 aromatic carbocycles. The van der Waals surface area contributed by atoms with E-state index in [4.69, 9.17) is 5.73 Å².